The van der Waals surface area contributed by atoms with Gasteiger partial charge in [-0.2, -0.15) is 0 Å². The van der Waals surface area contributed by atoms with Gasteiger partial charge in [-0.05, 0) is 24.0 Å². The molecule has 1 saturated heterocycles. The molecule has 148 valence electrons. The van der Waals surface area contributed by atoms with Gasteiger partial charge in [0.05, 0.1) is 13.1 Å². The molecule has 1 fully saturated rings. The maximum atomic E-state index is 12.6. The molecule has 1 aliphatic heterocycles. The number of benzene rings is 1. The van der Waals surface area contributed by atoms with E-state index in [1.807, 2.05) is 0 Å². The van der Waals surface area contributed by atoms with Crippen molar-refractivity contribution in [1.82, 2.24) is 15.1 Å². The van der Waals surface area contributed by atoms with Gasteiger partial charge >= 0.3 is 0 Å². The van der Waals surface area contributed by atoms with Gasteiger partial charge in [-0.1, -0.05) is 38.1 Å². The van der Waals surface area contributed by atoms with Gasteiger partial charge in [0.2, 0.25) is 11.8 Å². The lowest BCUT2D eigenvalue weighted by atomic mass is 10.0. The van der Waals surface area contributed by atoms with E-state index >= 15 is 0 Å². The van der Waals surface area contributed by atoms with Crippen molar-refractivity contribution in [2.45, 2.75) is 26.7 Å². The van der Waals surface area contributed by atoms with Crippen molar-refractivity contribution in [1.29, 1.82) is 0 Å². The molecule has 1 heterocycles. The van der Waals surface area contributed by atoms with Crippen molar-refractivity contribution in [2.24, 2.45) is 0 Å². The van der Waals surface area contributed by atoms with Crippen LogP contribution in [0.5, 0.6) is 0 Å². The molecular weight excluding hydrogens is 340 g/mol. The third-order valence-corrected chi connectivity index (χ3v) is 4.91. The normalized spacial score (nSPS) is 15.3. The van der Waals surface area contributed by atoms with Crippen LogP contribution in [0.15, 0.2) is 30.9 Å². The zero-order valence-electron chi connectivity index (χ0n) is 16.6. The minimum Gasteiger partial charge on any atom is -0.352 e. The van der Waals surface area contributed by atoms with Gasteiger partial charge in [-0.25, -0.2) is 0 Å². The molecule has 2 N–H and O–H groups in total. The Morgan fingerprint density at radius 1 is 1.00 bits per heavy atom. The van der Waals surface area contributed by atoms with E-state index in [1.54, 1.807) is 6.08 Å². The fraction of sp³-hybridized carbons (Fsp3) is 0.524. The number of nitrogens with zero attached hydrogens (tertiary/aromatic N) is 2. The van der Waals surface area contributed by atoms with Crippen molar-refractivity contribution in [3.63, 3.8) is 0 Å². The molecule has 0 spiro atoms. The van der Waals surface area contributed by atoms with Crippen molar-refractivity contribution in [3.8, 4) is 0 Å². The summed E-state index contributed by atoms with van der Waals surface area (Å²) in [6.45, 7) is 12.3. The summed E-state index contributed by atoms with van der Waals surface area (Å²) in [5, 5.41) is 5.92. The first-order valence-corrected chi connectivity index (χ1v) is 9.80. The first-order chi connectivity index (χ1) is 13.1. The highest BCUT2D eigenvalue weighted by Gasteiger charge is 2.21. The Hall–Kier alpha value is -2.18. The van der Waals surface area contributed by atoms with Crippen molar-refractivity contribution in [2.75, 3.05) is 51.1 Å². The smallest absolute Gasteiger partial charge is 0.238 e. The second-order valence-corrected chi connectivity index (χ2v) is 6.85. The molecule has 0 radical (unpaired) electrons. The number of piperazine rings is 1. The van der Waals surface area contributed by atoms with E-state index in [1.165, 1.54) is 11.1 Å². The van der Waals surface area contributed by atoms with Crippen molar-refractivity contribution >= 4 is 17.5 Å². The number of anilines is 1. The Morgan fingerprint density at radius 2 is 1.52 bits per heavy atom. The summed E-state index contributed by atoms with van der Waals surface area (Å²) in [7, 11) is 0. The van der Waals surface area contributed by atoms with E-state index in [9.17, 15) is 9.59 Å². The van der Waals surface area contributed by atoms with Crippen molar-refractivity contribution in [3.05, 3.63) is 42.0 Å². The monoisotopic (exact) mass is 372 g/mol. The topological polar surface area (TPSA) is 64.7 Å². The van der Waals surface area contributed by atoms with Crippen LogP contribution in [-0.2, 0) is 22.4 Å². The lowest BCUT2D eigenvalue weighted by Crippen LogP contribution is -2.51. The molecule has 0 atom stereocenters. The number of carbonyl (C=O) groups is 2. The van der Waals surface area contributed by atoms with Gasteiger partial charge in [-0.3, -0.25) is 19.4 Å². The second kappa shape index (κ2) is 10.8. The number of para-hydroxylation sites is 1. The minimum atomic E-state index is 0.0179. The quantitative estimate of drug-likeness (QED) is 0.647. The molecular formula is C21H32N4O2. The number of amides is 2. The van der Waals surface area contributed by atoms with Gasteiger partial charge in [0.15, 0.2) is 0 Å². The molecule has 0 aromatic heterocycles. The molecule has 2 rings (SSSR count). The molecule has 2 amide bonds. The number of aryl methyl sites for hydroxylation is 2. The predicted octanol–water partition coefficient (Wildman–Crippen LogP) is 1.67. The number of hydrogen-bond donors (Lipinski definition) is 2. The Bertz CT molecular complexity index is 629. The molecule has 6 nitrogen and oxygen atoms in total. The fourth-order valence-corrected chi connectivity index (χ4v) is 3.34. The summed E-state index contributed by atoms with van der Waals surface area (Å²) in [4.78, 5) is 28.6. The first kappa shape index (κ1) is 21.1. The van der Waals surface area contributed by atoms with E-state index in [2.05, 4.69) is 59.1 Å². The lowest BCUT2D eigenvalue weighted by molar-refractivity contribution is -0.123. The summed E-state index contributed by atoms with van der Waals surface area (Å²) in [6.07, 6.45) is 3.47. The highest BCUT2D eigenvalue weighted by atomic mass is 16.2. The van der Waals surface area contributed by atoms with Crippen LogP contribution >= 0.6 is 0 Å². The second-order valence-electron chi connectivity index (χ2n) is 6.85. The number of rotatable bonds is 9. The van der Waals surface area contributed by atoms with Crippen LogP contribution in [0.4, 0.5) is 5.69 Å². The molecule has 0 bridgehead atoms. The molecule has 0 saturated carbocycles. The summed E-state index contributed by atoms with van der Waals surface area (Å²) in [5.41, 5.74) is 3.33. The summed E-state index contributed by atoms with van der Waals surface area (Å²) < 4.78 is 0. The average molecular weight is 373 g/mol. The Balaban J connectivity index is 1.81. The molecule has 1 aromatic carbocycles. The van der Waals surface area contributed by atoms with Gasteiger partial charge < -0.3 is 10.6 Å². The molecule has 1 aliphatic rings. The molecule has 1 aromatic rings. The largest absolute Gasteiger partial charge is 0.352 e. The zero-order valence-corrected chi connectivity index (χ0v) is 16.6. The minimum absolute atomic E-state index is 0.0179. The van der Waals surface area contributed by atoms with E-state index in [0.29, 0.717) is 19.6 Å². The maximum absolute atomic E-state index is 12.6. The van der Waals surface area contributed by atoms with Crippen LogP contribution in [-0.4, -0.2) is 67.4 Å². The zero-order chi connectivity index (χ0) is 19.6. The summed E-state index contributed by atoms with van der Waals surface area (Å²) in [6, 6.07) is 6.20. The van der Waals surface area contributed by atoms with Gasteiger partial charge in [0.25, 0.3) is 0 Å². The van der Waals surface area contributed by atoms with E-state index in [4.69, 9.17) is 0 Å². The number of nitrogens with one attached hydrogen (secondary N) is 2. The highest BCUT2D eigenvalue weighted by Crippen LogP contribution is 2.22. The molecule has 6 heteroatoms. The molecule has 0 unspecified atom stereocenters. The molecule has 27 heavy (non-hydrogen) atoms. The van der Waals surface area contributed by atoms with Crippen LogP contribution in [0.1, 0.15) is 25.0 Å². The molecule has 0 aliphatic carbocycles. The third-order valence-electron chi connectivity index (χ3n) is 4.91. The van der Waals surface area contributed by atoms with Crippen LogP contribution < -0.4 is 10.6 Å². The van der Waals surface area contributed by atoms with Crippen LogP contribution in [0.2, 0.25) is 0 Å². The van der Waals surface area contributed by atoms with Gasteiger partial charge in [0.1, 0.15) is 0 Å². The summed E-state index contributed by atoms with van der Waals surface area (Å²) >= 11 is 0. The Kier molecular flexibility index (Phi) is 8.48. The van der Waals surface area contributed by atoms with Crippen LogP contribution in [0.3, 0.4) is 0 Å². The van der Waals surface area contributed by atoms with Crippen LogP contribution in [0.25, 0.3) is 0 Å². The lowest BCUT2D eigenvalue weighted by Gasteiger charge is -2.33. The van der Waals surface area contributed by atoms with E-state index in [-0.39, 0.29) is 11.8 Å². The maximum Gasteiger partial charge on any atom is 0.238 e. The highest BCUT2D eigenvalue weighted by molar-refractivity contribution is 5.93. The van der Waals surface area contributed by atoms with E-state index < -0.39 is 0 Å². The number of carbonyl (C=O) groups excluding carboxylic acids is 2. The Morgan fingerprint density at radius 3 is 2.00 bits per heavy atom. The predicted molar refractivity (Wildman–Crippen MR) is 110 cm³/mol. The van der Waals surface area contributed by atoms with Gasteiger partial charge in [-0.15, -0.1) is 6.58 Å². The average Bonchev–Trinajstić information content (AvgIpc) is 2.68. The van der Waals surface area contributed by atoms with E-state index in [0.717, 1.165) is 44.7 Å². The first-order valence-electron chi connectivity index (χ1n) is 9.80. The van der Waals surface area contributed by atoms with Crippen molar-refractivity contribution < 1.29 is 9.59 Å². The third kappa shape index (κ3) is 6.48. The number of hydrogen-bond acceptors (Lipinski definition) is 4. The van der Waals surface area contributed by atoms with Crippen LogP contribution in [0, 0.1) is 0 Å². The standard InChI is InChI=1S/C21H32N4O2/c1-4-10-22-19(26)15-24-11-13-25(14-12-24)16-20(27)23-21-17(5-2)8-7-9-18(21)6-3/h4,7-9H,1,5-6,10-16H2,2-3H3,(H,22,26)(H,23,27). The fourth-order valence-electron chi connectivity index (χ4n) is 3.34. The Labute approximate surface area is 162 Å². The SMILES string of the molecule is C=CCNC(=O)CN1CCN(CC(=O)Nc2c(CC)cccc2CC)CC1. The van der Waals surface area contributed by atoms with Gasteiger partial charge in [0, 0.05) is 38.4 Å². The summed E-state index contributed by atoms with van der Waals surface area (Å²) in [5.74, 6) is 0.0483.